The molecule has 0 aromatic rings. The lowest BCUT2D eigenvalue weighted by molar-refractivity contribution is 0.216. The monoisotopic (exact) mass is 420 g/mol. The third-order valence-electron chi connectivity index (χ3n) is 5.45. The van der Waals surface area contributed by atoms with Crippen molar-refractivity contribution in [2.45, 2.75) is 85.9 Å². The van der Waals surface area contributed by atoms with Gasteiger partial charge < -0.3 is 4.43 Å². The third-order valence-corrected chi connectivity index (χ3v) is 10.5. The first kappa shape index (κ1) is 26.8. The SMILES string of the molecule is C/C(=C\[C@H](C)CCOS(C)(=O)=O)C[C@@H](C)C[C@@H](C)CO[Si](C)(C)C(C)(C)C. The molecule has 162 valence electrons. The predicted molar refractivity (Wildman–Crippen MR) is 119 cm³/mol. The van der Waals surface area contributed by atoms with Gasteiger partial charge in [-0.05, 0) is 62.1 Å². The molecule has 0 aliphatic rings. The Bertz CT molecular complexity index is 561. The second-order valence-electron chi connectivity index (χ2n) is 10.0. The predicted octanol–water partition coefficient (Wildman–Crippen LogP) is 6.01. The maximum atomic E-state index is 11.0. The first-order valence-electron chi connectivity index (χ1n) is 10.2. The van der Waals surface area contributed by atoms with Gasteiger partial charge in [0.25, 0.3) is 10.1 Å². The van der Waals surface area contributed by atoms with E-state index in [1.54, 1.807) is 0 Å². The van der Waals surface area contributed by atoms with Crippen molar-refractivity contribution in [3.05, 3.63) is 11.6 Å². The standard InChI is InChI=1S/C21H44O4SSi/c1-17(11-12-24-26(8,22)23)13-18(2)14-19(3)15-20(4)16-25-27(9,10)21(5,6)7/h13,17,19-20H,11-12,14-16H2,1-10H3/b18-13+/t17-,19-,20-/m1/s1. The highest BCUT2D eigenvalue weighted by atomic mass is 32.2. The fraction of sp³-hybridized carbons (Fsp3) is 0.905. The van der Waals surface area contributed by atoms with E-state index in [1.165, 1.54) is 5.57 Å². The van der Waals surface area contributed by atoms with Gasteiger partial charge in [-0.25, -0.2) is 0 Å². The molecule has 0 aromatic carbocycles. The summed E-state index contributed by atoms with van der Waals surface area (Å²) in [6, 6.07) is 0. The fourth-order valence-electron chi connectivity index (χ4n) is 2.98. The molecule has 0 saturated carbocycles. The van der Waals surface area contributed by atoms with Gasteiger partial charge in [-0.3, -0.25) is 4.18 Å². The van der Waals surface area contributed by atoms with E-state index >= 15 is 0 Å². The van der Waals surface area contributed by atoms with E-state index < -0.39 is 18.4 Å². The summed E-state index contributed by atoms with van der Waals surface area (Å²) in [7, 11) is -5.00. The largest absolute Gasteiger partial charge is 0.417 e. The van der Waals surface area contributed by atoms with Crippen LogP contribution in [0.3, 0.4) is 0 Å². The maximum absolute atomic E-state index is 11.0. The maximum Gasteiger partial charge on any atom is 0.264 e. The summed E-state index contributed by atoms with van der Waals surface area (Å²) in [5, 5.41) is 0.259. The van der Waals surface area contributed by atoms with Crippen LogP contribution in [-0.4, -0.2) is 36.2 Å². The zero-order valence-corrected chi connectivity index (χ0v) is 21.2. The summed E-state index contributed by atoms with van der Waals surface area (Å²) in [6.45, 7) is 21.4. The van der Waals surface area contributed by atoms with Crippen LogP contribution in [0.1, 0.15) is 67.7 Å². The zero-order valence-electron chi connectivity index (χ0n) is 19.4. The van der Waals surface area contributed by atoms with Crippen molar-refractivity contribution in [1.29, 1.82) is 0 Å². The lowest BCUT2D eigenvalue weighted by Crippen LogP contribution is -2.41. The average Bonchev–Trinajstić information content (AvgIpc) is 2.41. The van der Waals surface area contributed by atoms with Gasteiger partial charge in [0.1, 0.15) is 0 Å². The van der Waals surface area contributed by atoms with Crippen LogP contribution in [-0.2, 0) is 18.7 Å². The van der Waals surface area contributed by atoms with Crippen molar-refractivity contribution in [3.8, 4) is 0 Å². The summed E-state index contributed by atoms with van der Waals surface area (Å²) in [6.07, 6.45) is 6.29. The van der Waals surface area contributed by atoms with Crippen LogP contribution in [0.15, 0.2) is 11.6 Å². The van der Waals surface area contributed by atoms with Crippen LogP contribution in [0.5, 0.6) is 0 Å². The highest BCUT2D eigenvalue weighted by Gasteiger charge is 2.37. The minimum Gasteiger partial charge on any atom is -0.417 e. The van der Waals surface area contributed by atoms with Gasteiger partial charge in [-0.1, -0.05) is 53.2 Å². The van der Waals surface area contributed by atoms with E-state index in [9.17, 15) is 8.42 Å². The smallest absolute Gasteiger partial charge is 0.264 e. The van der Waals surface area contributed by atoms with E-state index in [0.29, 0.717) is 17.8 Å². The van der Waals surface area contributed by atoms with Crippen molar-refractivity contribution >= 4 is 18.4 Å². The van der Waals surface area contributed by atoms with Gasteiger partial charge in [0.15, 0.2) is 8.32 Å². The first-order valence-corrected chi connectivity index (χ1v) is 14.9. The van der Waals surface area contributed by atoms with E-state index in [1.807, 2.05) is 0 Å². The Morgan fingerprint density at radius 1 is 1.11 bits per heavy atom. The minimum atomic E-state index is -3.34. The molecule has 0 aliphatic heterocycles. The van der Waals surface area contributed by atoms with Crippen molar-refractivity contribution in [2.75, 3.05) is 19.5 Å². The molecular formula is C21H44O4SSi. The number of hydrogen-bond donors (Lipinski definition) is 0. The van der Waals surface area contributed by atoms with Crippen LogP contribution >= 0.6 is 0 Å². The Labute approximate surface area is 170 Å². The van der Waals surface area contributed by atoms with Crippen LogP contribution in [0, 0.1) is 17.8 Å². The average molecular weight is 421 g/mol. The molecule has 6 heteroatoms. The van der Waals surface area contributed by atoms with Gasteiger partial charge in [-0.2, -0.15) is 8.42 Å². The number of rotatable bonds is 12. The Hall–Kier alpha value is -0.173. The highest BCUT2D eigenvalue weighted by Crippen LogP contribution is 2.37. The van der Waals surface area contributed by atoms with Gasteiger partial charge in [0.05, 0.1) is 12.9 Å². The molecule has 0 spiro atoms. The summed E-state index contributed by atoms with van der Waals surface area (Å²) in [5.41, 5.74) is 1.37. The van der Waals surface area contributed by atoms with E-state index in [-0.39, 0.29) is 11.6 Å². The van der Waals surface area contributed by atoms with E-state index in [2.05, 4.69) is 67.6 Å². The minimum absolute atomic E-state index is 0.251. The molecular weight excluding hydrogens is 376 g/mol. The van der Waals surface area contributed by atoms with Gasteiger partial charge in [-0.15, -0.1) is 0 Å². The molecule has 27 heavy (non-hydrogen) atoms. The molecule has 0 radical (unpaired) electrons. The van der Waals surface area contributed by atoms with E-state index in [4.69, 9.17) is 8.61 Å². The Balaban J connectivity index is 4.33. The second kappa shape index (κ2) is 11.1. The van der Waals surface area contributed by atoms with Crippen molar-refractivity contribution in [1.82, 2.24) is 0 Å². The van der Waals surface area contributed by atoms with E-state index in [0.717, 1.165) is 32.1 Å². The van der Waals surface area contributed by atoms with Gasteiger partial charge in [0, 0.05) is 6.61 Å². The summed E-state index contributed by atoms with van der Waals surface area (Å²) in [4.78, 5) is 0. The van der Waals surface area contributed by atoms with Gasteiger partial charge >= 0.3 is 0 Å². The molecule has 0 N–H and O–H groups in total. The fourth-order valence-corrected chi connectivity index (χ4v) is 4.51. The molecule has 0 bridgehead atoms. The van der Waals surface area contributed by atoms with Crippen molar-refractivity contribution in [3.63, 3.8) is 0 Å². The van der Waals surface area contributed by atoms with Crippen LogP contribution in [0.2, 0.25) is 18.1 Å². The van der Waals surface area contributed by atoms with Gasteiger partial charge in [0.2, 0.25) is 0 Å². The third kappa shape index (κ3) is 12.8. The molecule has 0 rings (SSSR count). The Morgan fingerprint density at radius 2 is 1.67 bits per heavy atom. The second-order valence-corrected chi connectivity index (χ2v) is 16.5. The molecule has 3 atom stereocenters. The molecule has 0 fully saturated rings. The Morgan fingerprint density at radius 3 is 2.15 bits per heavy atom. The van der Waals surface area contributed by atoms with Crippen molar-refractivity contribution < 1.29 is 17.0 Å². The van der Waals surface area contributed by atoms with Crippen LogP contribution < -0.4 is 0 Å². The topological polar surface area (TPSA) is 52.6 Å². The molecule has 0 heterocycles. The van der Waals surface area contributed by atoms with Crippen molar-refractivity contribution in [2.24, 2.45) is 17.8 Å². The normalized spacial score (nSPS) is 17.6. The molecule has 0 saturated heterocycles. The zero-order chi connectivity index (χ0) is 21.5. The molecule has 4 nitrogen and oxygen atoms in total. The summed E-state index contributed by atoms with van der Waals surface area (Å²) >= 11 is 0. The van der Waals surface area contributed by atoms with Crippen LogP contribution in [0.4, 0.5) is 0 Å². The Kier molecular flexibility index (Phi) is 11.1. The summed E-state index contributed by atoms with van der Waals surface area (Å²) < 4.78 is 33.2. The summed E-state index contributed by atoms with van der Waals surface area (Å²) in [5.74, 6) is 1.49. The number of allylic oxidation sites excluding steroid dienone is 2. The first-order chi connectivity index (χ1) is 12.0. The molecule has 0 unspecified atom stereocenters. The number of hydrogen-bond acceptors (Lipinski definition) is 4. The lowest BCUT2D eigenvalue weighted by atomic mass is 9.91. The van der Waals surface area contributed by atoms with Crippen LogP contribution in [0.25, 0.3) is 0 Å². The quantitative estimate of drug-likeness (QED) is 0.220. The highest BCUT2D eigenvalue weighted by molar-refractivity contribution is 7.85. The molecule has 0 amide bonds. The lowest BCUT2D eigenvalue weighted by Gasteiger charge is -2.37. The molecule has 0 aromatic heterocycles. The molecule has 0 aliphatic carbocycles.